The highest BCUT2D eigenvalue weighted by atomic mass is 15.2. The SMILES string of the molecule is C(=C\c1ccc2c(c1)C1(c3ccccc3-c3ccccc31)c1cc(/C=C/c3ccc(N4CCc5ccccc54)cc3)ccc1-2)/c1ccc(N2CCc3ccccc32)cc1. The van der Waals surface area contributed by atoms with E-state index in [0.717, 1.165) is 25.9 Å². The summed E-state index contributed by atoms with van der Waals surface area (Å²) < 4.78 is 0. The molecule has 12 rings (SSSR count). The Morgan fingerprint density at radius 1 is 0.339 bits per heavy atom. The highest BCUT2D eigenvalue weighted by Gasteiger charge is 2.51. The van der Waals surface area contributed by atoms with Crippen LogP contribution in [0.25, 0.3) is 46.6 Å². The molecule has 0 saturated carbocycles. The average molecular weight is 755 g/mol. The first kappa shape index (κ1) is 33.9. The van der Waals surface area contributed by atoms with Crippen LogP contribution in [0.2, 0.25) is 0 Å². The highest BCUT2D eigenvalue weighted by Crippen LogP contribution is 2.63. The van der Waals surface area contributed by atoms with E-state index in [2.05, 4.69) is 216 Å². The quantitative estimate of drug-likeness (QED) is 0.156. The van der Waals surface area contributed by atoms with Crippen molar-refractivity contribution in [1.82, 2.24) is 0 Å². The van der Waals surface area contributed by atoms with Gasteiger partial charge in [0.2, 0.25) is 0 Å². The molecule has 280 valence electrons. The lowest BCUT2D eigenvalue weighted by Gasteiger charge is -2.30. The zero-order valence-electron chi connectivity index (χ0n) is 32.9. The number of nitrogens with zero attached hydrogens (tertiary/aromatic N) is 2. The molecule has 0 N–H and O–H groups in total. The minimum Gasteiger partial charge on any atom is -0.341 e. The highest BCUT2D eigenvalue weighted by molar-refractivity contribution is 5.96. The van der Waals surface area contributed by atoms with Gasteiger partial charge in [-0.15, -0.1) is 0 Å². The van der Waals surface area contributed by atoms with Crippen LogP contribution in [0.5, 0.6) is 0 Å². The smallest absolute Gasteiger partial charge is 0.0725 e. The molecule has 8 aromatic rings. The predicted molar refractivity (Wildman–Crippen MR) is 248 cm³/mol. The molecule has 4 aliphatic rings. The van der Waals surface area contributed by atoms with Crippen LogP contribution in [-0.4, -0.2) is 13.1 Å². The molecule has 0 amide bonds. The van der Waals surface area contributed by atoms with Crippen LogP contribution in [-0.2, 0) is 18.3 Å². The van der Waals surface area contributed by atoms with E-state index in [1.807, 2.05) is 0 Å². The monoisotopic (exact) mass is 754 g/mol. The molecule has 0 bridgehead atoms. The second-order valence-electron chi connectivity index (χ2n) is 16.4. The summed E-state index contributed by atoms with van der Waals surface area (Å²) in [5, 5.41) is 0. The van der Waals surface area contributed by atoms with Gasteiger partial charge in [0.05, 0.1) is 5.41 Å². The number of hydrogen-bond donors (Lipinski definition) is 0. The Hall–Kier alpha value is -7.16. The molecule has 2 heteroatoms. The maximum absolute atomic E-state index is 2.45. The molecule has 0 saturated heterocycles. The fraction of sp³-hybridized carbons (Fsp3) is 0.0877. The topological polar surface area (TPSA) is 6.48 Å². The fourth-order valence-corrected chi connectivity index (χ4v) is 10.5. The lowest BCUT2D eigenvalue weighted by Crippen LogP contribution is -2.26. The minimum absolute atomic E-state index is 0.410. The van der Waals surface area contributed by atoms with Crippen LogP contribution >= 0.6 is 0 Å². The number of hydrogen-bond acceptors (Lipinski definition) is 2. The third-order valence-electron chi connectivity index (χ3n) is 13.3. The van der Waals surface area contributed by atoms with Crippen molar-refractivity contribution in [3.05, 3.63) is 238 Å². The molecule has 8 aromatic carbocycles. The molecule has 2 heterocycles. The summed E-state index contributed by atoms with van der Waals surface area (Å²) in [6.07, 6.45) is 11.3. The van der Waals surface area contributed by atoms with Gasteiger partial charge < -0.3 is 9.80 Å². The Labute approximate surface area is 346 Å². The number of benzene rings is 8. The second kappa shape index (κ2) is 13.5. The van der Waals surface area contributed by atoms with Crippen molar-refractivity contribution in [3.63, 3.8) is 0 Å². The number of para-hydroxylation sites is 2. The molecule has 0 atom stereocenters. The molecule has 2 aliphatic carbocycles. The van der Waals surface area contributed by atoms with Gasteiger partial charge in [-0.1, -0.05) is 158 Å². The van der Waals surface area contributed by atoms with Gasteiger partial charge in [-0.3, -0.25) is 0 Å². The van der Waals surface area contributed by atoms with Crippen LogP contribution in [0.4, 0.5) is 22.7 Å². The van der Waals surface area contributed by atoms with Crippen molar-refractivity contribution < 1.29 is 0 Å². The number of anilines is 4. The van der Waals surface area contributed by atoms with Crippen LogP contribution in [0, 0.1) is 0 Å². The summed E-state index contributed by atoms with van der Waals surface area (Å²) in [5.41, 5.74) is 23.1. The Bertz CT molecular complexity index is 2800. The second-order valence-corrected chi connectivity index (χ2v) is 16.4. The molecule has 0 radical (unpaired) electrons. The van der Waals surface area contributed by atoms with Crippen LogP contribution < -0.4 is 9.80 Å². The van der Waals surface area contributed by atoms with Crippen LogP contribution in [0.15, 0.2) is 182 Å². The van der Waals surface area contributed by atoms with Crippen LogP contribution in [0.3, 0.4) is 0 Å². The molecule has 1 spiro atoms. The summed E-state index contributed by atoms with van der Waals surface area (Å²) in [4.78, 5) is 4.87. The van der Waals surface area contributed by atoms with Gasteiger partial charge in [-0.05, 0) is 139 Å². The van der Waals surface area contributed by atoms with Gasteiger partial charge in [0.1, 0.15) is 0 Å². The predicted octanol–water partition coefficient (Wildman–Crippen LogP) is 13.8. The molecule has 2 nitrogen and oxygen atoms in total. The minimum atomic E-state index is -0.410. The zero-order chi connectivity index (χ0) is 38.9. The molecule has 0 aromatic heterocycles. The van der Waals surface area contributed by atoms with E-state index in [-0.39, 0.29) is 0 Å². The zero-order valence-corrected chi connectivity index (χ0v) is 32.9. The molecule has 0 fully saturated rings. The molecule has 2 aliphatic heterocycles. The summed E-state index contributed by atoms with van der Waals surface area (Å²) in [6.45, 7) is 2.06. The van der Waals surface area contributed by atoms with Crippen molar-refractivity contribution in [2.75, 3.05) is 22.9 Å². The van der Waals surface area contributed by atoms with E-state index in [1.54, 1.807) is 0 Å². The van der Waals surface area contributed by atoms with E-state index in [0.29, 0.717) is 0 Å². The third-order valence-corrected chi connectivity index (χ3v) is 13.3. The van der Waals surface area contributed by atoms with E-state index in [1.165, 1.54) is 101 Å². The molecular weight excluding hydrogens is 713 g/mol. The van der Waals surface area contributed by atoms with E-state index < -0.39 is 5.41 Å². The Morgan fingerprint density at radius 2 is 0.712 bits per heavy atom. The van der Waals surface area contributed by atoms with Gasteiger partial charge in [0, 0.05) is 35.8 Å². The van der Waals surface area contributed by atoms with Gasteiger partial charge in [-0.2, -0.15) is 0 Å². The maximum Gasteiger partial charge on any atom is 0.0725 e. The lowest BCUT2D eigenvalue weighted by molar-refractivity contribution is 0.793. The van der Waals surface area contributed by atoms with Crippen molar-refractivity contribution in [1.29, 1.82) is 0 Å². The molecular formula is C57H42N2. The first-order chi connectivity index (χ1) is 29.2. The van der Waals surface area contributed by atoms with Gasteiger partial charge in [-0.25, -0.2) is 0 Å². The standard InChI is InChI=1S/C57H42N2/c1-7-15-55-43(9-1)33-35-58(55)45-27-21-39(22-28-45)17-19-41-25-31-49-50-32-26-42(20-18-40-23-29-46(30-24-40)59-36-34-44-10-2-8-16-56(44)59)38-54(50)57(53(49)37-41)51-13-5-3-11-47(51)48-12-4-6-14-52(48)57/h1-32,37-38H,33-36H2/b19-17+,20-18+. The average Bonchev–Trinajstić information content (AvgIpc) is 4.07. The first-order valence-corrected chi connectivity index (χ1v) is 21.0. The summed E-state index contributed by atoms with van der Waals surface area (Å²) in [7, 11) is 0. The van der Waals surface area contributed by atoms with E-state index in [4.69, 9.17) is 0 Å². The molecule has 59 heavy (non-hydrogen) atoms. The van der Waals surface area contributed by atoms with Crippen LogP contribution in [0.1, 0.15) is 55.6 Å². The van der Waals surface area contributed by atoms with Crippen molar-refractivity contribution in [2.24, 2.45) is 0 Å². The normalized spacial score (nSPS) is 15.1. The summed E-state index contributed by atoms with van der Waals surface area (Å²) >= 11 is 0. The first-order valence-electron chi connectivity index (χ1n) is 21.0. The van der Waals surface area contributed by atoms with E-state index in [9.17, 15) is 0 Å². The number of rotatable bonds is 6. The van der Waals surface area contributed by atoms with E-state index >= 15 is 0 Å². The van der Waals surface area contributed by atoms with Gasteiger partial charge in [0.25, 0.3) is 0 Å². The van der Waals surface area contributed by atoms with Gasteiger partial charge >= 0.3 is 0 Å². The number of fused-ring (bicyclic) bond motifs is 12. The van der Waals surface area contributed by atoms with Gasteiger partial charge in [0.15, 0.2) is 0 Å². The Morgan fingerprint density at radius 3 is 1.19 bits per heavy atom. The maximum atomic E-state index is 2.45. The van der Waals surface area contributed by atoms with Crippen molar-refractivity contribution >= 4 is 47.1 Å². The van der Waals surface area contributed by atoms with Crippen molar-refractivity contribution in [3.8, 4) is 22.3 Å². The summed E-state index contributed by atoms with van der Waals surface area (Å²) in [6, 6.07) is 67.9. The summed E-state index contributed by atoms with van der Waals surface area (Å²) in [5.74, 6) is 0. The fourth-order valence-electron chi connectivity index (χ4n) is 10.5. The lowest BCUT2D eigenvalue weighted by atomic mass is 9.70. The molecule has 0 unspecified atom stereocenters. The Kier molecular flexibility index (Phi) is 7.74. The van der Waals surface area contributed by atoms with Crippen molar-refractivity contribution in [2.45, 2.75) is 18.3 Å². The third kappa shape index (κ3) is 5.33. The Balaban J connectivity index is 0.895. The largest absolute Gasteiger partial charge is 0.341 e.